The number of nitrogens with zero attached hydrogens (tertiary/aromatic N) is 11. The van der Waals surface area contributed by atoms with Gasteiger partial charge < -0.3 is 14.5 Å². The number of amides is 1. The second kappa shape index (κ2) is 13.8. The molecule has 2 aromatic rings. The molecule has 2 heterocycles. The van der Waals surface area contributed by atoms with Crippen LogP contribution in [0.3, 0.4) is 0 Å². The molecule has 1 aliphatic carbocycles. The molecule has 2 aliphatic rings. The number of hydrazine groups is 1. The first-order chi connectivity index (χ1) is 21.0. The number of carbonyl (C=O) groups is 1. The Labute approximate surface area is 256 Å². The second-order valence-corrected chi connectivity index (χ2v) is 11.3. The van der Waals surface area contributed by atoms with Gasteiger partial charge in [-0.3, -0.25) is 19.5 Å². The standard InChI is InChI=1S/C26H32ClN13O4/c1-14-8-16(10-32-36-28)35-24(41)20(14)12-40(31)25(42)18-9-21(27)23-22(19(18)11-33-37-29)43-26(2,44-23)15-4-6-17(7-5-15)39(3)13-34-38-30/h8-9,15,17H,4-7,10-13,31H2,1-3H3,(H,35,41)/t15-,17-,26-/m1/s1. The van der Waals surface area contributed by atoms with Crippen molar-refractivity contribution in [1.29, 1.82) is 0 Å². The van der Waals surface area contributed by atoms with E-state index >= 15 is 0 Å². The molecule has 0 bridgehead atoms. The topological polar surface area (TPSA) is 247 Å². The monoisotopic (exact) mass is 625 g/mol. The maximum atomic E-state index is 13.7. The van der Waals surface area contributed by atoms with Gasteiger partial charge in [-0.25, -0.2) is 5.84 Å². The Morgan fingerprint density at radius 1 is 1.07 bits per heavy atom. The van der Waals surface area contributed by atoms with Crippen LogP contribution in [0.2, 0.25) is 5.02 Å². The number of halogens is 1. The third-order valence-electron chi connectivity index (χ3n) is 8.15. The van der Waals surface area contributed by atoms with Crippen molar-refractivity contribution in [3.8, 4) is 11.5 Å². The van der Waals surface area contributed by atoms with Gasteiger partial charge in [0.05, 0.1) is 31.3 Å². The van der Waals surface area contributed by atoms with Crippen molar-refractivity contribution in [2.45, 2.75) is 71.0 Å². The molecule has 1 fully saturated rings. The Morgan fingerprint density at radius 2 is 1.70 bits per heavy atom. The van der Waals surface area contributed by atoms with Gasteiger partial charge in [-0.2, -0.15) is 0 Å². The first-order valence-corrected chi connectivity index (χ1v) is 14.1. The summed E-state index contributed by atoms with van der Waals surface area (Å²) in [6, 6.07) is 3.27. The van der Waals surface area contributed by atoms with Gasteiger partial charge in [-0.05, 0) is 73.9 Å². The third kappa shape index (κ3) is 6.79. The number of aryl methyl sites for hydroxylation is 1. The molecular weight excluding hydrogens is 594 g/mol. The number of pyridine rings is 1. The number of hydrogen-bond acceptors (Lipinski definition) is 9. The van der Waals surface area contributed by atoms with E-state index in [2.05, 4.69) is 35.1 Å². The maximum Gasteiger partial charge on any atom is 0.268 e. The minimum Gasteiger partial charge on any atom is -0.448 e. The molecule has 4 rings (SSSR count). The number of aromatic nitrogens is 1. The van der Waals surface area contributed by atoms with E-state index in [1.165, 1.54) is 6.07 Å². The Morgan fingerprint density at radius 3 is 2.34 bits per heavy atom. The molecule has 0 spiro atoms. The summed E-state index contributed by atoms with van der Waals surface area (Å²) in [6.07, 6.45) is 3.18. The predicted octanol–water partition coefficient (Wildman–Crippen LogP) is 5.72. The molecule has 0 saturated heterocycles. The van der Waals surface area contributed by atoms with Crippen molar-refractivity contribution in [3.05, 3.63) is 86.8 Å². The number of H-pyrrole nitrogens is 1. The van der Waals surface area contributed by atoms with E-state index in [0.717, 1.165) is 30.7 Å². The highest BCUT2D eigenvalue weighted by Crippen LogP contribution is 2.52. The number of ether oxygens (including phenoxy) is 2. The fraction of sp³-hybridized carbons (Fsp3) is 0.538. The smallest absolute Gasteiger partial charge is 0.268 e. The maximum absolute atomic E-state index is 13.7. The van der Waals surface area contributed by atoms with Crippen molar-refractivity contribution in [1.82, 2.24) is 14.9 Å². The van der Waals surface area contributed by atoms with Crippen LogP contribution in [-0.4, -0.2) is 46.3 Å². The average molecular weight is 626 g/mol. The summed E-state index contributed by atoms with van der Waals surface area (Å²) in [4.78, 5) is 39.4. The van der Waals surface area contributed by atoms with Gasteiger partial charge in [-0.15, -0.1) is 0 Å². The van der Waals surface area contributed by atoms with E-state index in [0.29, 0.717) is 11.3 Å². The van der Waals surface area contributed by atoms with E-state index in [1.807, 2.05) is 18.9 Å². The lowest BCUT2D eigenvalue weighted by molar-refractivity contribution is -0.123. The van der Waals surface area contributed by atoms with Crippen LogP contribution in [-0.2, 0) is 19.6 Å². The van der Waals surface area contributed by atoms with Gasteiger partial charge >= 0.3 is 0 Å². The summed E-state index contributed by atoms with van der Waals surface area (Å²) in [6.45, 7) is 3.25. The number of aromatic amines is 1. The molecule has 1 aromatic heterocycles. The molecule has 0 radical (unpaired) electrons. The largest absolute Gasteiger partial charge is 0.448 e. The van der Waals surface area contributed by atoms with Gasteiger partial charge in [0.25, 0.3) is 17.3 Å². The fourth-order valence-electron chi connectivity index (χ4n) is 5.75. The molecular formula is C26H32ClN13O4. The van der Waals surface area contributed by atoms with E-state index in [1.54, 1.807) is 13.0 Å². The zero-order valence-electron chi connectivity index (χ0n) is 24.5. The van der Waals surface area contributed by atoms with Crippen molar-refractivity contribution in [2.24, 2.45) is 27.1 Å². The van der Waals surface area contributed by atoms with Crippen LogP contribution in [0.25, 0.3) is 31.3 Å². The number of azide groups is 3. The highest BCUT2D eigenvalue weighted by Gasteiger charge is 2.48. The number of rotatable bonds is 11. The molecule has 232 valence electrons. The van der Waals surface area contributed by atoms with Crippen LogP contribution < -0.4 is 20.9 Å². The second-order valence-electron chi connectivity index (χ2n) is 10.9. The van der Waals surface area contributed by atoms with E-state index < -0.39 is 17.3 Å². The summed E-state index contributed by atoms with van der Waals surface area (Å²) in [5.74, 6) is 4.81. The number of hydrogen-bond donors (Lipinski definition) is 2. The SMILES string of the molecule is Cc1cc(CN=[N+]=[N-])[nH]c(=O)c1CN(N)C(=O)c1cc(Cl)c2c(c1CN=[N+]=[N-])O[C@@](C)([C@H]1CC[C@H](N(C)CN=[N+]=[N-])CC1)O2. The summed E-state index contributed by atoms with van der Waals surface area (Å²) in [7, 11) is 1.92. The molecule has 0 unspecified atom stereocenters. The fourth-order valence-corrected chi connectivity index (χ4v) is 5.98. The summed E-state index contributed by atoms with van der Waals surface area (Å²) in [5, 5.41) is 11.7. The average Bonchev–Trinajstić information content (AvgIpc) is 3.38. The lowest BCUT2D eigenvalue weighted by Crippen LogP contribution is -2.47. The zero-order valence-corrected chi connectivity index (χ0v) is 25.2. The van der Waals surface area contributed by atoms with Gasteiger partial charge in [-0.1, -0.05) is 26.9 Å². The number of fused-ring (bicyclic) bond motifs is 1. The Balaban J connectivity index is 1.59. The third-order valence-corrected chi connectivity index (χ3v) is 8.43. The summed E-state index contributed by atoms with van der Waals surface area (Å²) < 4.78 is 12.7. The lowest BCUT2D eigenvalue weighted by atomic mass is 9.81. The van der Waals surface area contributed by atoms with Crippen LogP contribution >= 0.6 is 11.6 Å². The molecule has 1 amide bonds. The van der Waals surface area contributed by atoms with Crippen molar-refractivity contribution >= 4 is 17.5 Å². The normalized spacial score (nSPS) is 20.3. The van der Waals surface area contributed by atoms with E-state index in [4.69, 9.17) is 43.5 Å². The molecule has 3 N–H and O–H groups in total. The van der Waals surface area contributed by atoms with Gasteiger partial charge in [0, 0.05) is 56.0 Å². The summed E-state index contributed by atoms with van der Waals surface area (Å²) >= 11 is 6.62. The van der Waals surface area contributed by atoms with Gasteiger partial charge in [0.1, 0.15) is 0 Å². The highest BCUT2D eigenvalue weighted by molar-refractivity contribution is 6.33. The van der Waals surface area contributed by atoms with E-state index in [9.17, 15) is 9.59 Å². The first kappa shape index (κ1) is 32.3. The van der Waals surface area contributed by atoms with E-state index in [-0.39, 0.29) is 71.5 Å². The quantitative estimate of drug-likeness (QED) is 0.0788. The first-order valence-electron chi connectivity index (χ1n) is 13.8. The number of benzene rings is 1. The van der Waals surface area contributed by atoms with Crippen molar-refractivity contribution in [2.75, 3.05) is 13.7 Å². The molecule has 1 atom stereocenters. The van der Waals surface area contributed by atoms with Gasteiger partial charge in [0.15, 0.2) is 11.5 Å². The molecule has 1 aliphatic heterocycles. The molecule has 1 aromatic carbocycles. The molecule has 18 heteroatoms. The number of nitrogens with one attached hydrogen (secondary N) is 1. The van der Waals surface area contributed by atoms with Crippen LogP contribution in [0, 0.1) is 12.8 Å². The summed E-state index contributed by atoms with van der Waals surface area (Å²) in [5.41, 5.74) is 27.3. The number of carbonyl (C=O) groups excluding carboxylic acids is 1. The minimum absolute atomic E-state index is 0.0240. The van der Waals surface area contributed by atoms with Crippen LogP contribution in [0.15, 0.2) is 32.3 Å². The predicted molar refractivity (Wildman–Crippen MR) is 160 cm³/mol. The van der Waals surface area contributed by atoms with Crippen molar-refractivity contribution < 1.29 is 14.3 Å². The lowest BCUT2D eigenvalue weighted by Gasteiger charge is -2.39. The van der Waals surface area contributed by atoms with Crippen LogP contribution in [0.1, 0.15) is 65.3 Å². The van der Waals surface area contributed by atoms with Gasteiger partial charge in [0.2, 0.25) is 0 Å². The molecule has 17 nitrogen and oxygen atoms in total. The Bertz CT molecular complexity index is 1640. The zero-order chi connectivity index (χ0) is 32.0. The number of nitrogens with two attached hydrogens (primary N) is 1. The van der Waals surface area contributed by atoms with Crippen molar-refractivity contribution in [3.63, 3.8) is 0 Å². The van der Waals surface area contributed by atoms with Crippen LogP contribution in [0.4, 0.5) is 0 Å². The minimum atomic E-state index is -1.10. The molecule has 44 heavy (non-hydrogen) atoms. The highest BCUT2D eigenvalue weighted by atomic mass is 35.5. The Hall–Kier alpha value is -4.62. The van der Waals surface area contributed by atoms with Crippen LogP contribution in [0.5, 0.6) is 11.5 Å². The molecule has 1 saturated carbocycles. The Kier molecular flexibility index (Phi) is 10.1.